The predicted octanol–water partition coefficient (Wildman–Crippen LogP) is 2.49. The lowest BCUT2D eigenvalue weighted by Gasteiger charge is -2.13. The Kier molecular flexibility index (Phi) is 3.85. The number of hydrogen-bond acceptors (Lipinski definition) is 2. The van der Waals surface area contributed by atoms with Crippen LogP contribution in [0.1, 0.15) is 24.5 Å². The molecule has 104 valence electrons. The molecule has 0 bridgehead atoms. The Hall–Kier alpha value is -1.49. The molecule has 1 aliphatic rings. The number of anilines is 1. The number of alkyl halides is 2. The number of amides is 1. The van der Waals surface area contributed by atoms with Crippen molar-refractivity contribution in [1.82, 2.24) is 5.32 Å². The van der Waals surface area contributed by atoms with Crippen LogP contribution in [0.2, 0.25) is 0 Å². The second-order valence-corrected chi connectivity index (χ2v) is 4.98. The van der Waals surface area contributed by atoms with Gasteiger partial charge in [-0.05, 0) is 36.6 Å². The monoisotopic (exact) mass is 268 g/mol. The van der Waals surface area contributed by atoms with E-state index < -0.39 is 30.8 Å². The van der Waals surface area contributed by atoms with Crippen molar-refractivity contribution in [3.63, 3.8) is 0 Å². The van der Waals surface area contributed by atoms with Crippen molar-refractivity contribution in [1.29, 1.82) is 0 Å². The molecule has 1 aromatic rings. The molecule has 2 N–H and O–H groups in total. The van der Waals surface area contributed by atoms with Crippen molar-refractivity contribution in [3.05, 3.63) is 29.3 Å². The first-order valence-electron chi connectivity index (χ1n) is 6.43. The summed E-state index contributed by atoms with van der Waals surface area (Å²) in [5.74, 6) is -3.19. The van der Waals surface area contributed by atoms with Gasteiger partial charge >= 0.3 is 0 Å². The van der Waals surface area contributed by atoms with Gasteiger partial charge in [-0.3, -0.25) is 10.1 Å². The van der Waals surface area contributed by atoms with Gasteiger partial charge in [0.1, 0.15) is 0 Å². The van der Waals surface area contributed by atoms with E-state index >= 15 is 0 Å². The maximum absolute atomic E-state index is 13.0. The Morgan fingerprint density at radius 2 is 2.26 bits per heavy atom. The minimum atomic E-state index is -2.79. The van der Waals surface area contributed by atoms with E-state index in [9.17, 15) is 13.6 Å². The van der Waals surface area contributed by atoms with Gasteiger partial charge in [-0.15, -0.1) is 0 Å². The number of rotatable bonds is 3. The van der Waals surface area contributed by atoms with Crippen LogP contribution in [0.5, 0.6) is 0 Å². The molecule has 1 saturated heterocycles. The molecule has 1 aromatic carbocycles. The zero-order valence-electron chi connectivity index (χ0n) is 11.1. The summed E-state index contributed by atoms with van der Waals surface area (Å²) in [6.45, 7) is 3.61. The van der Waals surface area contributed by atoms with Crippen LogP contribution in [0.25, 0.3) is 0 Å². The average molecular weight is 268 g/mol. The van der Waals surface area contributed by atoms with E-state index in [1.165, 1.54) is 0 Å². The Morgan fingerprint density at radius 3 is 2.84 bits per heavy atom. The molecule has 0 radical (unpaired) electrons. The van der Waals surface area contributed by atoms with Crippen molar-refractivity contribution in [3.8, 4) is 0 Å². The molecule has 2 rings (SSSR count). The molecule has 19 heavy (non-hydrogen) atoms. The molecule has 1 unspecified atom stereocenters. The fourth-order valence-corrected chi connectivity index (χ4v) is 2.26. The smallest absolute Gasteiger partial charge is 0.262 e. The number of nitrogens with one attached hydrogen (secondary N) is 2. The minimum absolute atomic E-state index is 0.400. The molecule has 0 aliphatic carbocycles. The molecule has 0 spiro atoms. The van der Waals surface area contributed by atoms with Crippen LogP contribution in [0.4, 0.5) is 14.5 Å². The number of hydrogen-bond donors (Lipinski definition) is 2. The summed E-state index contributed by atoms with van der Waals surface area (Å²) in [6, 6.07) is 4.78. The summed E-state index contributed by atoms with van der Waals surface area (Å²) in [6.07, 6.45) is 0.431. The topological polar surface area (TPSA) is 41.1 Å². The van der Waals surface area contributed by atoms with Gasteiger partial charge < -0.3 is 5.32 Å². The van der Waals surface area contributed by atoms with Crippen LogP contribution < -0.4 is 10.6 Å². The van der Waals surface area contributed by atoms with Crippen molar-refractivity contribution >= 4 is 11.6 Å². The van der Waals surface area contributed by atoms with E-state index in [1.54, 1.807) is 6.07 Å². The number of carbonyl (C=O) groups is 1. The average Bonchev–Trinajstić information content (AvgIpc) is 2.72. The minimum Gasteiger partial charge on any atom is -0.325 e. The van der Waals surface area contributed by atoms with Crippen molar-refractivity contribution in [2.45, 2.75) is 38.7 Å². The number of halogens is 2. The quantitative estimate of drug-likeness (QED) is 0.884. The fourth-order valence-electron chi connectivity index (χ4n) is 2.26. The second kappa shape index (κ2) is 5.25. The van der Waals surface area contributed by atoms with Gasteiger partial charge in [-0.2, -0.15) is 0 Å². The molecular weight excluding hydrogens is 250 g/mol. The van der Waals surface area contributed by atoms with Crippen molar-refractivity contribution in [2.75, 3.05) is 11.9 Å². The van der Waals surface area contributed by atoms with Gasteiger partial charge in [0.05, 0.1) is 12.6 Å². The molecule has 3 nitrogen and oxygen atoms in total. The lowest BCUT2D eigenvalue weighted by atomic mass is 10.1. The summed E-state index contributed by atoms with van der Waals surface area (Å²) in [5, 5.41) is 5.23. The molecule has 0 saturated carbocycles. The maximum atomic E-state index is 13.0. The van der Waals surface area contributed by atoms with E-state index in [4.69, 9.17) is 0 Å². The molecule has 1 heterocycles. The Labute approximate surface area is 111 Å². The second-order valence-electron chi connectivity index (χ2n) is 4.98. The summed E-state index contributed by atoms with van der Waals surface area (Å²) in [7, 11) is 0. The third kappa shape index (κ3) is 3.29. The molecule has 5 heteroatoms. The van der Waals surface area contributed by atoms with Gasteiger partial charge in [-0.1, -0.05) is 13.0 Å². The van der Waals surface area contributed by atoms with E-state index in [0.717, 1.165) is 17.5 Å². The predicted molar refractivity (Wildman–Crippen MR) is 70.5 cm³/mol. The van der Waals surface area contributed by atoms with Crippen molar-refractivity contribution in [2.24, 2.45) is 0 Å². The molecule has 1 aliphatic heterocycles. The highest BCUT2D eigenvalue weighted by atomic mass is 19.3. The molecular formula is C14H18F2N2O. The summed E-state index contributed by atoms with van der Waals surface area (Å²) in [5.41, 5.74) is 2.96. The maximum Gasteiger partial charge on any atom is 0.262 e. The SMILES string of the molecule is CCc1cc(NC(=O)C2CC(F)(F)CN2)ccc1C. The number of benzene rings is 1. The normalized spacial score (nSPS) is 21.4. The first-order valence-corrected chi connectivity index (χ1v) is 6.43. The summed E-state index contributed by atoms with van der Waals surface area (Å²) >= 11 is 0. The van der Waals surface area contributed by atoms with E-state index in [0.29, 0.717) is 5.69 Å². The molecule has 1 amide bonds. The van der Waals surface area contributed by atoms with Gasteiger partial charge in [0, 0.05) is 12.1 Å². The van der Waals surface area contributed by atoms with Crippen molar-refractivity contribution < 1.29 is 13.6 Å². The van der Waals surface area contributed by atoms with Crippen LogP contribution >= 0.6 is 0 Å². The lowest BCUT2D eigenvalue weighted by Crippen LogP contribution is -2.35. The third-order valence-corrected chi connectivity index (χ3v) is 3.42. The van der Waals surface area contributed by atoms with E-state index in [1.807, 2.05) is 26.0 Å². The van der Waals surface area contributed by atoms with Crippen LogP contribution in [-0.2, 0) is 11.2 Å². The lowest BCUT2D eigenvalue weighted by molar-refractivity contribution is -0.118. The molecule has 1 atom stereocenters. The Bertz CT molecular complexity index is 488. The zero-order valence-corrected chi connectivity index (χ0v) is 11.1. The Balaban J connectivity index is 2.03. The van der Waals surface area contributed by atoms with Crippen LogP contribution in [0.15, 0.2) is 18.2 Å². The first-order chi connectivity index (χ1) is 8.91. The first kappa shape index (κ1) is 13.9. The van der Waals surface area contributed by atoms with Crippen LogP contribution in [0, 0.1) is 6.92 Å². The molecule has 0 aromatic heterocycles. The van der Waals surface area contributed by atoms with Gasteiger partial charge in [-0.25, -0.2) is 8.78 Å². The highest BCUT2D eigenvalue weighted by Gasteiger charge is 2.42. The van der Waals surface area contributed by atoms with Crippen LogP contribution in [0.3, 0.4) is 0 Å². The fraction of sp³-hybridized carbons (Fsp3) is 0.500. The molecule has 1 fully saturated rings. The van der Waals surface area contributed by atoms with Gasteiger partial charge in [0.2, 0.25) is 5.91 Å². The third-order valence-electron chi connectivity index (χ3n) is 3.42. The highest BCUT2D eigenvalue weighted by Crippen LogP contribution is 2.26. The number of aryl methyl sites for hydroxylation is 2. The standard InChI is InChI=1S/C14H18F2N2O/c1-3-10-6-11(5-4-9(10)2)18-13(19)12-7-14(15,16)8-17-12/h4-6,12,17H,3,7-8H2,1-2H3,(H,18,19). The number of carbonyl (C=O) groups excluding carboxylic acids is 1. The summed E-state index contributed by atoms with van der Waals surface area (Å²) < 4.78 is 26.0. The van der Waals surface area contributed by atoms with Gasteiger partial charge in [0.15, 0.2) is 0 Å². The summed E-state index contributed by atoms with van der Waals surface area (Å²) in [4.78, 5) is 11.9. The Morgan fingerprint density at radius 1 is 1.53 bits per heavy atom. The largest absolute Gasteiger partial charge is 0.325 e. The van der Waals surface area contributed by atoms with Gasteiger partial charge in [0.25, 0.3) is 5.92 Å². The highest BCUT2D eigenvalue weighted by molar-refractivity contribution is 5.95. The van der Waals surface area contributed by atoms with E-state index in [2.05, 4.69) is 10.6 Å². The van der Waals surface area contributed by atoms with Crippen LogP contribution in [-0.4, -0.2) is 24.4 Å². The zero-order chi connectivity index (χ0) is 14.0. The van der Waals surface area contributed by atoms with E-state index in [-0.39, 0.29) is 0 Å².